The Morgan fingerprint density at radius 3 is 2.78 bits per heavy atom. The third kappa shape index (κ3) is 3.21. The third-order valence-electron chi connectivity index (χ3n) is 2.36. The predicted octanol–water partition coefficient (Wildman–Crippen LogP) is 4.30. The number of aromatic nitrogens is 1. The zero-order chi connectivity index (χ0) is 13.0. The minimum Gasteiger partial charge on any atom is -0.487 e. The molecule has 0 aliphatic carbocycles. The van der Waals surface area contributed by atoms with E-state index < -0.39 is 0 Å². The number of benzene rings is 1. The van der Waals surface area contributed by atoms with Crippen LogP contribution >= 0.6 is 27.5 Å². The summed E-state index contributed by atoms with van der Waals surface area (Å²) in [5, 5.41) is 0. The lowest BCUT2D eigenvalue weighted by Gasteiger charge is -2.08. The molecule has 0 radical (unpaired) electrons. The van der Waals surface area contributed by atoms with E-state index in [9.17, 15) is 4.39 Å². The lowest BCUT2D eigenvalue weighted by molar-refractivity contribution is 0.303. The molecule has 0 aliphatic rings. The highest BCUT2D eigenvalue weighted by Gasteiger charge is 2.05. The van der Waals surface area contributed by atoms with Gasteiger partial charge in [0, 0.05) is 5.56 Å². The van der Waals surface area contributed by atoms with E-state index in [2.05, 4.69) is 20.9 Å². The van der Waals surface area contributed by atoms with E-state index >= 15 is 0 Å². The molecule has 2 aromatic rings. The number of hydrogen-bond donors (Lipinski definition) is 0. The summed E-state index contributed by atoms with van der Waals surface area (Å²) in [6, 6.07) is 8.42. The van der Waals surface area contributed by atoms with Crippen LogP contribution in [0.3, 0.4) is 0 Å². The van der Waals surface area contributed by atoms with Crippen molar-refractivity contribution in [1.82, 2.24) is 4.98 Å². The van der Waals surface area contributed by atoms with Gasteiger partial charge in [-0.05, 0) is 34.1 Å². The fourth-order valence-electron chi connectivity index (χ4n) is 1.40. The van der Waals surface area contributed by atoms with Crippen LogP contribution in [0.5, 0.6) is 5.75 Å². The normalized spacial score (nSPS) is 10.4. The van der Waals surface area contributed by atoms with Gasteiger partial charge in [0.15, 0.2) is 0 Å². The molecule has 18 heavy (non-hydrogen) atoms. The second-order valence-electron chi connectivity index (χ2n) is 3.62. The Morgan fingerprint density at radius 2 is 2.11 bits per heavy atom. The summed E-state index contributed by atoms with van der Waals surface area (Å²) in [5.41, 5.74) is 1.53. The summed E-state index contributed by atoms with van der Waals surface area (Å²) in [6.07, 6.45) is 1.60. The van der Waals surface area contributed by atoms with E-state index in [1.165, 1.54) is 6.07 Å². The highest BCUT2D eigenvalue weighted by atomic mass is 79.9. The Balaban J connectivity index is 2.04. The van der Waals surface area contributed by atoms with E-state index in [1.54, 1.807) is 30.5 Å². The predicted molar refractivity (Wildman–Crippen MR) is 72.2 cm³/mol. The monoisotopic (exact) mass is 329 g/mol. The van der Waals surface area contributed by atoms with Crippen LogP contribution in [0.4, 0.5) is 4.39 Å². The fourth-order valence-corrected chi connectivity index (χ4v) is 1.93. The topological polar surface area (TPSA) is 22.1 Å². The van der Waals surface area contributed by atoms with Crippen LogP contribution in [0.15, 0.2) is 41.0 Å². The molecule has 0 bridgehead atoms. The fraction of sp³-hybridized carbons (Fsp3) is 0.154. The van der Waals surface area contributed by atoms with Crippen LogP contribution in [0.1, 0.15) is 11.3 Å². The van der Waals surface area contributed by atoms with Crippen LogP contribution in [0.25, 0.3) is 0 Å². The average molecular weight is 331 g/mol. The van der Waals surface area contributed by atoms with E-state index in [1.807, 2.05) is 0 Å². The molecule has 94 valence electrons. The first-order chi connectivity index (χ1) is 8.70. The highest BCUT2D eigenvalue weighted by Crippen LogP contribution is 2.22. The molecule has 2 rings (SSSR count). The van der Waals surface area contributed by atoms with E-state index in [0.717, 1.165) is 11.3 Å². The number of alkyl halides is 1. The number of pyridine rings is 1. The Morgan fingerprint density at radius 1 is 1.28 bits per heavy atom. The molecule has 0 atom stereocenters. The molecule has 1 aromatic heterocycles. The van der Waals surface area contributed by atoms with Gasteiger partial charge >= 0.3 is 0 Å². The van der Waals surface area contributed by atoms with Crippen LogP contribution in [-0.2, 0) is 12.5 Å². The second kappa shape index (κ2) is 6.16. The van der Waals surface area contributed by atoms with Gasteiger partial charge < -0.3 is 4.74 Å². The average Bonchev–Trinajstić information content (AvgIpc) is 2.41. The summed E-state index contributed by atoms with van der Waals surface area (Å²) in [6.45, 7) is 0.278. The van der Waals surface area contributed by atoms with Crippen LogP contribution in [0, 0.1) is 5.82 Å². The molecule has 0 saturated carbocycles. The first-order valence-corrected chi connectivity index (χ1v) is 6.60. The maximum absolute atomic E-state index is 13.3. The molecule has 0 fully saturated rings. The van der Waals surface area contributed by atoms with Crippen molar-refractivity contribution in [3.63, 3.8) is 0 Å². The zero-order valence-corrected chi connectivity index (χ0v) is 11.7. The van der Waals surface area contributed by atoms with Gasteiger partial charge in [0.25, 0.3) is 0 Å². The first kappa shape index (κ1) is 13.3. The summed E-state index contributed by atoms with van der Waals surface area (Å²) in [7, 11) is 0. The van der Waals surface area contributed by atoms with E-state index in [4.69, 9.17) is 16.3 Å². The molecule has 0 amide bonds. The van der Waals surface area contributed by atoms with E-state index in [-0.39, 0.29) is 12.4 Å². The smallest absolute Gasteiger partial charge is 0.138 e. The van der Waals surface area contributed by atoms with Crippen molar-refractivity contribution >= 4 is 27.5 Å². The number of halogens is 3. The molecule has 5 heteroatoms. The zero-order valence-electron chi connectivity index (χ0n) is 9.37. The summed E-state index contributed by atoms with van der Waals surface area (Å²) in [5.74, 6) is 0.696. The van der Waals surface area contributed by atoms with Crippen LogP contribution in [0.2, 0.25) is 0 Å². The maximum Gasteiger partial charge on any atom is 0.138 e. The van der Waals surface area contributed by atoms with Gasteiger partial charge in [-0.25, -0.2) is 4.39 Å². The number of hydrogen-bond acceptors (Lipinski definition) is 2. The van der Waals surface area contributed by atoms with Gasteiger partial charge in [-0.2, -0.15) is 0 Å². The Kier molecular flexibility index (Phi) is 4.55. The van der Waals surface area contributed by atoms with Crippen molar-refractivity contribution in [3.8, 4) is 5.75 Å². The Labute approximate surface area is 118 Å². The van der Waals surface area contributed by atoms with Crippen molar-refractivity contribution in [2.24, 2.45) is 0 Å². The van der Waals surface area contributed by atoms with Gasteiger partial charge in [0.2, 0.25) is 0 Å². The molecule has 1 aromatic carbocycles. The van der Waals surface area contributed by atoms with Gasteiger partial charge in [-0.1, -0.05) is 12.1 Å². The van der Waals surface area contributed by atoms with Crippen molar-refractivity contribution in [3.05, 3.63) is 58.1 Å². The first-order valence-electron chi connectivity index (χ1n) is 5.27. The number of nitrogens with zero attached hydrogens (tertiary/aromatic N) is 1. The Bertz CT molecular complexity index is 533. The summed E-state index contributed by atoms with van der Waals surface area (Å²) < 4.78 is 19.2. The van der Waals surface area contributed by atoms with E-state index in [0.29, 0.717) is 16.1 Å². The molecule has 0 N–H and O–H groups in total. The molecule has 0 spiro atoms. The van der Waals surface area contributed by atoms with Crippen LogP contribution in [-0.4, -0.2) is 4.98 Å². The SMILES string of the molecule is Fc1cccc(COc2ccc(CCl)nc2)c1Br. The minimum absolute atomic E-state index is 0.278. The third-order valence-corrected chi connectivity index (χ3v) is 3.52. The molecule has 1 heterocycles. The molecule has 2 nitrogen and oxygen atoms in total. The standard InChI is InChI=1S/C13H10BrClFNO/c14-13-9(2-1-3-12(13)16)8-18-11-5-4-10(6-15)17-7-11/h1-5,7H,6,8H2. The van der Waals surface area contributed by atoms with Gasteiger partial charge in [0.05, 0.1) is 22.2 Å². The lowest BCUT2D eigenvalue weighted by Crippen LogP contribution is -1.98. The molecular formula is C13H10BrClFNO. The second-order valence-corrected chi connectivity index (χ2v) is 4.68. The molecule has 0 aliphatic heterocycles. The quantitative estimate of drug-likeness (QED) is 0.780. The summed E-state index contributed by atoms with van der Waals surface area (Å²) >= 11 is 8.83. The van der Waals surface area contributed by atoms with Gasteiger partial charge in [-0.15, -0.1) is 11.6 Å². The molecule has 0 saturated heterocycles. The minimum atomic E-state index is -0.299. The highest BCUT2D eigenvalue weighted by molar-refractivity contribution is 9.10. The maximum atomic E-state index is 13.3. The van der Waals surface area contributed by atoms with Crippen molar-refractivity contribution in [2.75, 3.05) is 0 Å². The van der Waals surface area contributed by atoms with Crippen molar-refractivity contribution in [1.29, 1.82) is 0 Å². The molecular weight excluding hydrogens is 321 g/mol. The number of rotatable bonds is 4. The lowest BCUT2D eigenvalue weighted by atomic mass is 10.2. The molecule has 0 unspecified atom stereocenters. The summed E-state index contributed by atoms with van der Waals surface area (Å²) in [4.78, 5) is 4.11. The Hall–Kier alpha value is -1.13. The number of ether oxygens (including phenoxy) is 1. The van der Waals surface area contributed by atoms with Gasteiger partial charge in [0.1, 0.15) is 18.2 Å². The van der Waals surface area contributed by atoms with Gasteiger partial charge in [-0.3, -0.25) is 4.98 Å². The largest absolute Gasteiger partial charge is 0.487 e. The van der Waals surface area contributed by atoms with Crippen molar-refractivity contribution < 1.29 is 9.13 Å². The van der Waals surface area contributed by atoms with Crippen molar-refractivity contribution in [2.45, 2.75) is 12.5 Å². The van der Waals surface area contributed by atoms with Crippen LogP contribution < -0.4 is 4.74 Å².